The smallest absolute Gasteiger partial charge is 0.290 e. The highest BCUT2D eigenvalue weighted by Gasteiger charge is 2.43. The van der Waals surface area contributed by atoms with Crippen molar-refractivity contribution in [2.45, 2.75) is 12.5 Å². The number of aliphatic hydroxyl groups excluding tert-OH is 1. The van der Waals surface area contributed by atoms with Gasteiger partial charge in [0.05, 0.1) is 17.0 Å². The van der Waals surface area contributed by atoms with Gasteiger partial charge < -0.3 is 14.4 Å². The van der Waals surface area contributed by atoms with E-state index in [1.54, 1.807) is 42.5 Å². The molecule has 1 aromatic heterocycles. The zero-order valence-corrected chi connectivity index (χ0v) is 13.8. The molecule has 0 bridgehead atoms. The lowest BCUT2D eigenvalue weighted by molar-refractivity contribution is 0.0714. The molecule has 132 valence electrons. The van der Waals surface area contributed by atoms with Gasteiger partial charge in [-0.1, -0.05) is 30.3 Å². The van der Waals surface area contributed by atoms with Crippen LogP contribution in [-0.4, -0.2) is 29.1 Å². The highest BCUT2D eigenvalue weighted by atomic mass is 19.1. The molecule has 0 unspecified atom stereocenters. The summed E-state index contributed by atoms with van der Waals surface area (Å²) in [7, 11) is 0. The van der Waals surface area contributed by atoms with Crippen molar-refractivity contribution >= 4 is 16.9 Å². The lowest BCUT2D eigenvalue weighted by Crippen LogP contribution is -2.31. The number of carbonyl (C=O) groups is 1. The molecule has 1 N–H and O–H groups in total. The van der Waals surface area contributed by atoms with Gasteiger partial charge in [-0.2, -0.15) is 0 Å². The first-order valence-electron chi connectivity index (χ1n) is 8.35. The molecule has 1 aliphatic heterocycles. The molecule has 26 heavy (non-hydrogen) atoms. The molecule has 0 aliphatic carbocycles. The zero-order chi connectivity index (χ0) is 18.3. The lowest BCUT2D eigenvalue weighted by Gasteiger charge is -2.25. The number of benzene rings is 2. The van der Waals surface area contributed by atoms with Crippen molar-refractivity contribution in [1.82, 2.24) is 4.90 Å². The van der Waals surface area contributed by atoms with Crippen LogP contribution in [-0.2, 0) is 0 Å². The van der Waals surface area contributed by atoms with Gasteiger partial charge in [-0.3, -0.25) is 9.59 Å². The second-order valence-corrected chi connectivity index (χ2v) is 6.17. The number of hydrogen-bond acceptors (Lipinski definition) is 4. The molecule has 0 spiro atoms. The predicted molar refractivity (Wildman–Crippen MR) is 93.5 cm³/mol. The molecule has 1 atom stereocenters. The number of halogens is 1. The Hall–Kier alpha value is -2.99. The summed E-state index contributed by atoms with van der Waals surface area (Å²) in [5.41, 5.74) is 0.368. The Morgan fingerprint density at radius 1 is 1.08 bits per heavy atom. The zero-order valence-electron chi connectivity index (χ0n) is 13.8. The fourth-order valence-corrected chi connectivity index (χ4v) is 3.46. The van der Waals surface area contributed by atoms with Crippen LogP contribution in [0.2, 0.25) is 0 Å². The number of fused-ring (bicyclic) bond motifs is 2. The summed E-state index contributed by atoms with van der Waals surface area (Å²) < 4.78 is 20.2. The minimum atomic E-state index is -0.869. The van der Waals surface area contributed by atoms with Crippen LogP contribution in [0, 0.1) is 5.82 Å². The number of amides is 1. The van der Waals surface area contributed by atoms with Gasteiger partial charge in [0.25, 0.3) is 5.91 Å². The van der Waals surface area contributed by atoms with Gasteiger partial charge in [-0.05, 0) is 24.6 Å². The van der Waals surface area contributed by atoms with E-state index in [1.807, 2.05) is 0 Å². The Bertz CT molecular complexity index is 1060. The molecule has 0 fully saturated rings. The van der Waals surface area contributed by atoms with E-state index in [2.05, 4.69) is 0 Å². The first-order chi connectivity index (χ1) is 12.6. The van der Waals surface area contributed by atoms with Crippen LogP contribution < -0.4 is 5.43 Å². The van der Waals surface area contributed by atoms with Crippen LogP contribution in [0.1, 0.15) is 34.1 Å². The number of hydrogen-bond donors (Lipinski definition) is 1. The van der Waals surface area contributed by atoms with E-state index >= 15 is 0 Å². The maximum absolute atomic E-state index is 14.5. The van der Waals surface area contributed by atoms with E-state index in [0.29, 0.717) is 17.4 Å². The Balaban J connectivity index is 2.00. The van der Waals surface area contributed by atoms with Crippen molar-refractivity contribution in [3.63, 3.8) is 0 Å². The Labute approximate surface area is 148 Å². The van der Waals surface area contributed by atoms with Crippen LogP contribution in [0.25, 0.3) is 11.0 Å². The SMILES string of the molecule is O=C1c2oc3ccccc3c(=O)c2[C@H](c2ccccc2F)N1CCCO. The molecule has 0 radical (unpaired) electrons. The summed E-state index contributed by atoms with van der Waals surface area (Å²) in [6.45, 7) is 0.0712. The van der Waals surface area contributed by atoms with Crippen LogP contribution in [0.4, 0.5) is 4.39 Å². The van der Waals surface area contributed by atoms with Gasteiger partial charge in [-0.25, -0.2) is 4.39 Å². The average Bonchev–Trinajstić information content (AvgIpc) is 2.93. The number of nitrogens with zero attached hydrogens (tertiary/aromatic N) is 1. The second kappa shape index (κ2) is 6.38. The molecule has 1 aliphatic rings. The van der Waals surface area contributed by atoms with E-state index in [9.17, 15) is 14.0 Å². The maximum Gasteiger partial charge on any atom is 0.290 e. The Morgan fingerprint density at radius 3 is 2.58 bits per heavy atom. The minimum Gasteiger partial charge on any atom is -0.450 e. The summed E-state index contributed by atoms with van der Waals surface area (Å²) in [5, 5.41) is 9.50. The number of carbonyl (C=O) groups excluding carboxylic acids is 1. The van der Waals surface area contributed by atoms with Crippen molar-refractivity contribution in [1.29, 1.82) is 0 Å². The largest absolute Gasteiger partial charge is 0.450 e. The van der Waals surface area contributed by atoms with Crippen molar-refractivity contribution in [3.8, 4) is 0 Å². The number of para-hydroxylation sites is 1. The minimum absolute atomic E-state index is 0.0557. The van der Waals surface area contributed by atoms with Crippen molar-refractivity contribution < 1.29 is 18.7 Å². The second-order valence-electron chi connectivity index (χ2n) is 6.17. The predicted octanol–water partition coefficient (Wildman–Crippen LogP) is 2.86. The monoisotopic (exact) mass is 353 g/mol. The van der Waals surface area contributed by atoms with E-state index < -0.39 is 17.8 Å². The summed E-state index contributed by atoms with van der Waals surface area (Å²) in [6, 6.07) is 11.9. The molecule has 6 heteroatoms. The summed E-state index contributed by atoms with van der Waals surface area (Å²) in [6.07, 6.45) is 0.318. The molecule has 0 saturated heterocycles. The van der Waals surface area contributed by atoms with Gasteiger partial charge in [0.2, 0.25) is 5.76 Å². The third-order valence-electron chi connectivity index (χ3n) is 4.63. The van der Waals surface area contributed by atoms with Gasteiger partial charge >= 0.3 is 0 Å². The quantitative estimate of drug-likeness (QED) is 0.783. The van der Waals surface area contributed by atoms with Crippen LogP contribution in [0.5, 0.6) is 0 Å². The molecule has 4 rings (SSSR count). The van der Waals surface area contributed by atoms with Gasteiger partial charge in [0.15, 0.2) is 5.43 Å². The summed E-state index contributed by atoms with van der Waals surface area (Å²) in [4.78, 5) is 27.3. The van der Waals surface area contributed by atoms with E-state index in [-0.39, 0.29) is 35.5 Å². The van der Waals surface area contributed by atoms with E-state index in [4.69, 9.17) is 9.52 Å². The third-order valence-corrected chi connectivity index (χ3v) is 4.63. The molecule has 5 nitrogen and oxygen atoms in total. The first kappa shape index (κ1) is 16.5. The fourth-order valence-electron chi connectivity index (χ4n) is 3.46. The van der Waals surface area contributed by atoms with Crippen LogP contribution in [0.3, 0.4) is 0 Å². The van der Waals surface area contributed by atoms with Gasteiger partial charge in [0.1, 0.15) is 11.4 Å². The summed E-state index contributed by atoms with van der Waals surface area (Å²) >= 11 is 0. The van der Waals surface area contributed by atoms with Gasteiger partial charge in [0, 0.05) is 18.7 Å². The normalized spacial score (nSPS) is 16.3. The molecule has 0 saturated carbocycles. The molecule has 1 amide bonds. The molecule has 2 aromatic carbocycles. The Morgan fingerprint density at radius 2 is 1.81 bits per heavy atom. The molecular weight excluding hydrogens is 337 g/mol. The Kier molecular flexibility index (Phi) is 4.05. The fraction of sp³-hybridized carbons (Fsp3) is 0.200. The highest BCUT2D eigenvalue weighted by Crippen LogP contribution is 2.38. The molecule has 3 aromatic rings. The molecule has 2 heterocycles. The van der Waals surface area contributed by atoms with Crippen molar-refractivity contribution in [3.05, 3.63) is 81.5 Å². The summed E-state index contributed by atoms with van der Waals surface area (Å²) in [5.74, 6) is -1.02. The molecular formula is C20H16FNO4. The number of aliphatic hydroxyl groups is 1. The van der Waals surface area contributed by atoms with Crippen molar-refractivity contribution in [2.75, 3.05) is 13.2 Å². The van der Waals surface area contributed by atoms with Crippen molar-refractivity contribution in [2.24, 2.45) is 0 Å². The van der Waals surface area contributed by atoms with Crippen LogP contribution in [0.15, 0.2) is 57.7 Å². The van der Waals surface area contributed by atoms with E-state index in [0.717, 1.165) is 0 Å². The average molecular weight is 353 g/mol. The number of rotatable bonds is 4. The standard InChI is InChI=1S/C20H16FNO4/c21-14-8-3-1-6-12(14)17-16-18(24)13-7-2-4-9-15(13)26-19(16)20(25)22(17)10-5-11-23/h1-4,6-9,17,23H,5,10-11H2/t17-/m0/s1. The third kappa shape index (κ3) is 2.42. The highest BCUT2D eigenvalue weighted by molar-refractivity contribution is 5.99. The lowest BCUT2D eigenvalue weighted by atomic mass is 9.98. The van der Waals surface area contributed by atoms with E-state index in [1.165, 1.54) is 11.0 Å². The van der Waals surface area contributed by atoms with Gasteiger partial charge in [-0.15, -0.1) is 0 Å². The first-order valence-corrected chi connectivity index (χ1v) is 8.35. The van der Waals surface area contributed by atoms with Crippen LogP contribution >= 0.6 is 0 Å². The topological polar surface area (TPSA) is 70.8 Å². The maximum atomic E-state index is 14.5.